The van der Waals surface area contributed by atoms with Crippen LogP contribution in [0.25, 0.3) is 0 Å². The average molecular weight is 334 g/mol. The summed E-state index contributed by atoms with van der Waals surface area (Å²) < 4.78 is 27.4. The van der Waals surface area contributed by atoms with Crippen molar-refractivity contribution in [1.82, 2.24) is 4.72 Å². The van der Waals surface area contributed by atoms with E-state index in [2.05, 4.69) is 4.72 Å². The molecule has 2 fully saturated rings. The summed E-state index contributed by atoms with van der Waals surface area (Å²) in [4.78, 5) is 14.8. The molecule has 0 atom stereocenters. The van der Waals surface area contributed by atoms with Gasteiger partial charge < -0.3 is 4.90 Å². The number of nitrogens with zero attached hydrogens (tertiary/aromatic N) is 1. The van der Waals surface area contributed by atoms with Crippen molar-refractivity contribution < 1.29 is 13.2 Å². The van der Waals surface area contributed by atoms with Gasteiger partial charge in [0.15, 0.2) is 0 Å². The quantitative estimate of drug-likeness (QED) is 0.918. The van der Waals surface area contributed by atoms with Gasteiger partial charge in [-0.3, -0.25) is 4.79 Å². The van der Waals surface area contributed by atoms with E-state index in [0.29, 0.717) is 4.90 Å². The number of amides is 1. The number of benzene rings is 1. The number of fused-ring (bicyclic) bond motifs is 1. The van der Waals surface area contributed by atoms with Crippen LogP contribution in [0.2, 0.25) is 0 Å². The fraction of sp³-hybridized carbons (Fsp3) is 0.588. The van der Waals surface area contributed by atoms with Crippen LogP contribution in [0, 0.1) is 5.92 Å². The second-order valence-electron chi connectivity index (χ2n) is 6.91. The number of carbonyl (C=O) groups is 1. The lowest BCUT2D eigenvalue weighted by molar-refractivity contribution is -0.124. The van der Waals surface area contributed by atoms with Crippen LogP contribution in [0.5, 0.6) is 0 Å². The molecule has 6 heteroatoms. The number of hydrogen-bond acceptors (Lipinski definition) is 3. The van der Waals surface area contributed by atoms with Crippen LogP contribution in [-0.2, 0) is 21.2 Å². The van der Waals surface area contributed by atoms with E-state index in [1.54, 1.807) is 12.1 Å². The fourth-order valence-corrected chi connectivity index (χ4v) is 4.69. The highest BCUT2D eigenvalue weighted by molar-refractivity contribution is 7.89. The number of aryl methyl sites for hydroxylation is 1. The maximum atomic E-state index is 12.6. The Morgan fingerprint density at radius 3 is 2.57 bits per heavy atom. The number of nitrogens with one attached hydrogen (secondary N) is 1. The standard InChI is InChI=1S/C17H22N2O3S/c20-17(12-3-1-4-12)19-10-2-5-13-11-15(8-9-16(13)19)23(21,22)18-14-6-7-14/h8-9,11-12,14,18H,1-7,10H2. The van der Waals surface area contributed by atoms with Gasteiger partial charge in [0.05, 0.1) is 4.90 Å². The minimum atomic E-state index is -3.43. The summed E-state index contributed by atoms with van der Waals surface area (Å²) in [5.74, 6) is 0.379. The van der Waals surface area contributed by atoms with Gasteiger partial charge in [0.2, 0.25) is 15.9 Å². The van der Waals surface area contributed by atoms with Crippen molar-refractivity contribution in [3.63, 3.8) is 0 Å². The molecule has 1 aliphatic heterocycles. The van der Waals surface area contributed by atoms with Gasteiger partial charge >= 0.3 is 0 Å². The first-order valence-corrected chi connectivity index (χ1v) is 9.99. The lowest BCUT2D eigenvalue weighted by atomic mass is 9.83. The molecule has 2 aliphatic carbocycles. The molecule has 23 heavy (non-hydrogen) atoms. The molecule has 5 nitrogen and oxygen atoms in total. The summed E-state index contributed by atoms with van der Waals surface area (Å²) in [6.45, 7) is 0.745. The van der Waals surface area contributed by atoms with Gasteiger partial charge in [0.25, 0.3) is 0 Å². The third-order valence-corrected chi connectivity index (χ3v) is 6.62. The lowest BCUT2D eigenvalue weighted by Gasteiger charge is -2.35. The van der Waals surface area contributed by atoms with Crippen LogP contribution in [0.3, 0.4) is 0 Å². The van der Waals surface area contributed by atoms with Gasteiger partial charge in [0, 0.05) is 24.2 Å². The smallest absolute Gasteiger partial charge is 0.240 e. The monoisotopic (exact) mass is 334 g/mol. The molecule has 124 valence electrons. The lowest BCUT2D eigenvalue weighted by Crippen LogP contribution is -2.41. The van der Waals surface area contributed by atoms with Crippen LogP contribution in [0.4, 0.5) is 5.69 Å². The highest BCUT2D eigenvalue weighted by atomic mass is 32.2. The molecule has 4 rings (SSSR count). The van der Waals surface area contributed by atoms with Crippen molar-refractivity contribution in [1.29, 1.82) is 0 Å². The van der Waals surface area contributed by atoms with Crippen LogP contribution >= 0.6 is 0 Å². The first-order valence-electron chi connectivity index (χ1n) is 8.51. The van der Waals surface area contributed by atoms with Crippen molar-refractivity contribution >= 4 is 21.6 Å². The summed E-state index contributed by atoms with van der Waals surface area (Å²) in [6, 6.07) is 5.30. The minimum absolute atomic E-state index is 0.104. The van der Waals surface area contributed by atoms with E-state index < -0.39 is 10.0 Å². The van der Waals surface area contributed by atoms with Crippen LogP contribution < -0.4 is 9.62 Å². The number of hydrogen-bond donors (Lipinski definition) is 1. The number of carbonyl (C=O) groups excluding carboxylic acids is 1. The van der Waals surface area contributed by atoms with Gasteiger partial charge in [-0.1, -0.05) is 6.42 Å². The highest BCUT2D eigenvalue weighted by Crippen LogP contribution is 2.35. The Bertz CT molecular complexity index is 736. The molecule has 0 unspecified atom stereocenters. The van der Waals surface area contributed by atoms with Gasteiger partial charge in [-0.2, -0.15) is 0 Å². The Morgan fingerprint density at radius 2 is 1.91 bits per heavy atom. The number of anilines is 1. The van der Waals surface area contributed by atoms with E-state index in [9.17, 15) is 13.2 Å². The molecule has 1 N–H and O–H groups in total. The van der Waals surface area contributed by atoms with E-state index >= 15 is 0 Å². The molecule has 0 spiro atoms. The molecule has 3 aliphatic rings. The molecule has 2 saturated carbocycles. The zero-order valence-corrected chi connectivity index (χ0v) is 13.9. The Morgan fingerprint density at radius 1 is 1.13 bits per heavy atom. The average Bonchev–Trinajstić information content (AvgIpc) is 3.27. The highest BCUT2D eigenvalue weighted by Gasteiger charge is 2.33. The zero-order chi connectivity index (χ0) is 16.0. The fourth-order valence-electron chi connectivity index (χ4n) is 3.33. The van der Waals surface area contributed by atoms with Gasteiger partial charge in [-0.25, -0.2) is 13.1 Å². The van der Waals surface area contributed by atoms with Crippen LogP contribution in [0.1, 0.15) is 44.1 Å². The van der Waals surface area contributed by atoms with Crippen molar-refractivity contribution in [3.8, 4) is 0 Å². The zero-order valence-electron chi connectivity index (χ0n) is 13.1. The van der Waals surface area contributed by atoms with Crippen molar-refractivity contribution in [3.05, 3.63) is 23.8 Å². The van der Waals surface area contributed by atoms with Crippen molar-refractivity contribution in [2.24, 2.45) is 5.92 Å². The van der Waals surface area contributed by atoms with Crippen LogP contribution in [-0.4, -0.2) is 26.9 Å². The molecule has 0 bridgehead atoms. The van der Waals surface area contributed by atoms with E-state index in [4.69, 9.17) is 0 Å². The summed E-state index contributed by atoms with van der Waals surface area (Å²) in [6.07, 6.45) is 6.69. The number of sulfonamides is 1. The third-order valence-electron chi connectivity index (χ3n) is 5.10. The second kappa shape index (κ2) is 5.60. The Labute approximate surface area is 137 Å². The molecule has 1 heterocycles. The second-order valence-corrected chi connectivity index (χ2v) is 8.62. The summed E-state index contributed by atoms with van der Waals surface area (Å²) in [7, 11) is -3.43. The first-order chi connectivity index (χ1) is 11.0. The van der Waals surface area contributed by atoms with E-state index in [1.807, 2.05) is 11.0 Å². The molecule has 1 amide bonds. The number of rotatable bonds is 4. The minimum Gasteiger partial charge on any atom is -0.312 e. The Kier molecular flexibility index (Phi) is 3.69. The summed E-state index contributed by atoms with van der Waals surface area (Å²) >= 11 is 0. The van der Waals surface area contributed by atoms with Crippen molar-refractivity contribution in [2.45, 2.75) is 55.9 Å². The van der Waals surface area contributed by atoms with Crippen LogP contribution in [0.15, 0.2) is 23.1 Å². The van der Waals surface area contributed by atoms with Crippen molar-refractivity contribution in [2.75, 3.05) is 11.4 Å². The summed E-state index contributed by atoms with van der Waals surface area (Å²) in [5.41, 5.74) is 1.88. The maximum Gasteiger partial charge on any atom is 0.240 e. The maximum absolute atomic E-state index is 12.6. The molecule has 1 aromatic carbocycles. The van der Waals surface area contributed by atoms with E-state index in [0.717, 1.165) is 62.7 Å². The molecule has 0 aromatic heterocycles. The molecule has 1 aromatic rings. The molecule has 0 saturated heterocycles. The molecular formula is C17H22N2O3S. The van der Waals surface area contributed by atoms with Gasteiger partial charge in [-0.15, -0.1) is 0 Å². The predicted octanol–water partition coefficient (Wildman–Crippen LogP) is 2.21. The predicted molar refractivity (Wildman–Crippen MR) is 87.8 cm³/mol. The summed E-state index contributed by atoms with van der Waals surface area (Å²) in [5, 5.41) is 0. The Balaban J connectivity index is 1.61. The normalized spacial score (nSPS) is 21.7. The van der Waals surface area contributed by atoms with Gasteiger partial charge in [-0.05, 0) is 62.3 Å². The molecule has 0 radical (unpaired) electrons. The largest absolute Gasteiger partial charge is 0.312 e. The SMILES string of the molecule is O=C(C1CCC1)N1CCCc2cc(S(=O)(=O)NC3CC3)ccc21. The first kappa shape index (κ1) is 15.1. The Hall–Kier alpha value is -1.40. The van der Waals surface area contributed by atoms with E-state index in [-0.39, 0.29) is 17.9 Å². The molecular weight excluding hydrogens is 312 g/mol. The topological polar surface area (TPSA) is 66.5 Å². The van der Waals surface area contributed by atoms with E-state index in [1.165, 1.54) is 0 Å². The third kappa shape index (κ3) is 2.90. The van der Waals surface area contributed by atoms with Gasteiger partial charge in [0.1, 0.15) is 0 Å².